The maximum atomic E-state index is 12.7. The Morgan fingerprint density at radius 3 is 2.67 bits per heavy atom. The van der Waals surface area contributed by atoms with Gasteiger partial charge >= 0.3 is 0 Å². The van der Waals surface area contributed by atoms with E-state index in [-0.39, 0.29) is 24.0 Å². The molecule has 0 spiro atoms. The molecule has 0 bridgehead atoms. The number of carbonyl (C=O) groups is 3. The van der Waals surface area contributed by atoms with E-state index in [1.165, 1.54) is 18.0 Å². The summed E-state index contributed by atoms with van der Waals surface area (Å²) < 4.78 is 5.62. The van der Waals surface area contributed by atoms with Gasteiger partial charge in [-0.1, -0.05) is 0 Å². The number of benzene rings is 1. The third kappa shape index (κ3) is 4.13. The van der Waals surface area contributed by atoms with Crippen molar-refractivity contribution in [2.75, 3.05) is 16.8 Å². The second kappa shape index (κ2) is 7.99. The number of anilines is 2. The Bertz CT molecular complexity index is 864. The van der Waals surface area contributed by atoms with Gasteiger partial charge in [0, 0.05) is 18.2 Å². The van der Waals surface area contributed by atoms with E-state index >= 15 is 0 Å². The molecule has 2 aromatic rings. The van der Waals surface area contributed by atoms with Crippen molar-refractivity contribution >= 4 is 29.0 Å². The van der Waals surface area contributed by atoms with Crippen LogP contribution in [0.4, 0.5) is 11.4 Å². The summed E-state index contributed by atoms with van der Waals surface area (Å²) in [6.07, 6.45) is 3.90. The van der Waals surface area contributed by atoms with E-state index in [1.807, 2.05) is 0 Å². The molecule has 0 radical (unpaired) electrons. The number of nitrogens with one attached hydrogen (secondary N) is 1. The Labute approximate surface area is 157 Å². The zero-order valence-corrected chi connectivity index (χ0v) is 15.3. The van der Waals surface area contributed by atoms with E-state index in [1.54, 1.807) is 43.5 Å². The molecule has 0 saturated heterocycles. The number of ketones is 1. The summed E-state index contributed by atoms with van der Waals surface area (Å²) in [5, 5.41) is 2.75. The smallest absolute Gasteiger partial charge is 0.247 e. The number of fused-ring (bicyclic) bond motifs is 1. The zero-order chi connectivity index (χ0) is 19.4. The first kappa shape index (κ1) is 18.6. The van der Waals surface area contributed by atoms with Crippen LogP contribution in [0.3, 0.4) is 0 Å². The molecule has 1 aliphatic rings. The Hall–Kier alpha value is -3.22. The molecule has 2 amide bonds. The lowest BCUT2D eigenvalue weighted by Gasteiger charge is -2.34. The first-order valence-electron chi connectivity index (χ1n) is 8.78. The van der Waals surface area contributed by atoms with Gasteiger partial charge in [-0.25, -0.2) is 0 Å². The molecule has 1 unspecified atom stereocenters. The number of pyridine rings is 1. The summed E-state index contributed by atoms with van der Waals surface area (Å²) in [5.74, 6) is 0.280. The highest BCUT2D eigenvalue weighted by Gasteiger charge is 2.33. The van der Waals surface area contributed by atoms with Gasteiger partial charge in [0.2, 0.25) is 11.8 Å². The summed E-state index contributed by atoms with van der Waals surface area (Å²) >= 11 is 0. The van der Waals surface area contributed by atoms with Gasteiger partial charge in [0.05, 0.1) is 24.2 Å². The van der Waals surface area contributed by atoms with Crippen LogP contribution >= 0.6 is 0 Å². The van der Waals surface area contributed by atoms with Crippen LogP contribution in [0, 0.1) is 0 Å². The van der Waals surface area contributed by atoms with Gasteiger partial charge in [-0.3, -0.25) is 24.3 Å². The first-order chi connectivity index (χ1) is 13.0. The van der Waals surface area contributed by atoms with E-state index in [4.69, 9.17) is 4.74 Å². The lowest BCUT2D eigenvalue weighted by atomic mass is 10.1. The average molecular weight is 367 g/mol. The van der Waals surface area contributed by atoms with Crippen LogP contribution in [0.15, 0.2) is 42.7 Å². The number of carbonyl (C=O) groups excluding carboxylic acids is 3. The topological polar surface area (TPSA) is 88.6 Å². The number of Topliss-reactive ketones (excluding diaryl/α,β-unsaturated/α-hetero) is 1. The van der Waals surface area contributed by atoms with Crippen molar-refractivity contribution in [1.29, 1.82) is 0 Å². The molecule has 2 heterocycles. The van der Waals surface area contributed by atoms with E-state index in [9.17, 15) is 14.4 Å². The van der Waals surface area contributed by atoms with Crippen LogP contribution in [-0.2, 0) is 9.59 Å². The fraction of sp³-hybridized carbons (Fsp3) is 0.300. The second-order valence-electron chi connectivity index (χ2n) is 6.35. The summed E-state index contributed by atoms with van der Waals surface area (Å²) in [5.41, 5.74) is 1.82. The van der Waals surface area contributed by atoms with Crippen LogP contribution in [0.25, 0.3) is 0 Å². The number of ether oxygens (including phenoxy) is 1. The molecular formula is C20H21N3O4. The Morgan fingerprint density at radius 2 is 1.96 bits per heavy atom. The molecule has 1 atom stereocenters. The molecule has 3 rings (SSSR count). The van der Waals surface area contributed by atoms with Crippen LogP contribution in [0.2, 0.25) is 0 Å². The average Bonchev–Trinajstić information content (AvgIpc) is 2.66. The molecule has 0 saturated carbocycles. The maximum Gasteiger partial charge on any atom is 0.247 e. The lowest BCUT2D eigenvalue weighted by Crippen LogP contribution is -2.49. The van der Waals surface area contributed by atoms with Gasteiger partial charge in [0.15, 0.2) is 5.78 Å². The van der Waals surface area contributed by atoms with E-state index < -0.39 is 6.04 Å². The van der Waals surface area contributed by atoms with Crippen molar-refractivity contribution in [1.82, 2.24) is 4.98 Å². The zero-order valence-electron chi connectivity index (χ0n) is 15.3. The predicted octanol–water partition coefficient (Wildman–Crippen LogP) is 2.82. The van der Waals surface area contributed by atoms with Gasteiger partial charge in [-0.15, -0.1) is 0 Å². The van der Waals surface area contributed by atoms with Crippen molar-refractivity contribution in [2.45, 2.75) is 32.7 Å². The summed E-state index contributed by atoms with van der Waals surface area (Å²) in [7, 11) is 0. The number of hydrogen-bond donors (Lipinski definition) is 1. The van der Waals surface area contributed by atoms with Crippen molar-refractivity contribution in [3.05, 3.63) is 48.3 Å². The third-order valence-electron chi connectivity index (χ3n) is 4.42. The van der Waals surface area contributed by atoms with Crippen LogP contribution in [0.1, 0.15) is 37.0 Å². The van der Waals surface area contributed by atoms with Crippen LogP contribution < -0.4 is 15.0 Å². The largest absolute Gasteiger partial charge is 0.494 e. The van der Waals surface area contributed by atoms with Gasteiger partial charge in [0.1, 0.15) is 11.8 Å². The van der Waals surface area contributed by atoms with Crippen LogP contribution in [0.5, 0.6) is 5.75 Å². The number of aromatic nitrogens is 1. The minimum absolute atomic E-state index is 0.00214. The van der Waals surface area contributed by atoms with Crippen molar-refractivity contribution in [2.24, 2.45) is 0 Å². The number of amides is 2. The van der Waals surface area contributed by atoms with Crippen LogP contribution in [-0.4, -0.2) is 35.2 Å². The quantitative estimate of drug-likeness (QED) is 0.626. The molecule has 1 aromatic heterocycles. The fourth-order valence-corrected chi connectivity index (χ4v) is 2.93. The number of rotatable bonds is 6. The molecule has 0 fully saturated rings. The van der Waals surface area contributed by atoms with Crippen molar-refractivity contribution in [3.8, 4) is 5.75 Å². The highest BCUT2D eigenvalue weighted by molar-refractivity contribution is 6.11. The second-order valence-corrected chi connectivity index (χ2v) is 6.35. The highest BCUT2D eigenvalue weighted by atomic mass is 16.5. The molecule has 1 N–H and O–H groups in total. The molecule has 7 heteroatoms. The highest BCUT2D eigenvalue weighted by Crippen LogP contribution is 2.31. The van der Waals surface area contributed by atoms with Gasteiger partial charge in [-0.05, 0) is 50.6 Å². The first-order valence-corrected chi connectivity index (χ1v) is 8.78. The minimum atomic E-state index is -0.576. The molecule has 27 heavy (non-hydrogen) atoms. The number of nitrogens with zero attached hydrogens (tertiary/aromatic N) is 2. The molecule has 1 aromatic carbocycles. The summed E-state index contributed by atoms with van der Waals surface area (Å²) in [4.78, 5) is 41.5. The maximum absolute atomic E-state index is 12.7. The van der Waals surface area contributed by atoms with Crippen molar-refractivity contribution < 1.29 is 19.1 Å². The summed E-state index contributed by atoms with van der Waals surface area (Å²) in [6.45, 7) is 3.57. The third-order valence-corrected chi connectivity index (χ3v) is 4.42. The minimum Gasteiger partial charge on any atom is -0.494 e. The lowest BCUT2D eigenvalue weighted by molar-refractivity contribution is -0.123. The Morgan fingerprint density at radius 1 is 1.22 bits per heavy atom. The molecular weight excluding hydrogens is 346 g/mol. The van der Waals surface area contributed by atoms with Crippen molar-refractivity contribution in [3.63, 3.8) is 0 Å². The Balaban J connectivity index is 1.56. The standard InChI is InChI=1S/C20H21N3O4/c1-13-20(26)22-17-12-21-10-9-18(17)23(13)19(25)4-3-11-27-16-7-5-15(6-8-16)14(2)24/h5-10,12-13H,3-4,11H2,1-2H3,(H,22,26). The monoisotopic (exact) mass is 367 g/mol. The SMILES string of the molecule is CC(=O)c1ccc(OCCCC(=O)N2c3ccncc3NC(=O)C2C)cc1. The van der Waals surface area contributed by atoms with Gasteiger partial charge < -0.3 is 10.1 Å². The van der Waals surface area contributed by atoms with E-state index in [0.29, 0.717) is 35.7 Å². The fourth-order valence-electron chi connectivity index (χ4n) is 2.93. The molecule has 1 aliphatic heterocycles. The van der Waals surface area contributed by atoms with E-state index in [0.717, 1.165) is 0 Å². The molecule has 140 valence electrons. The number of hydrogen-bond acceptors (Lipinski definition) is 5. The predicted molar refractivity (Wildman–Crippen MR) is 101 cm³/mol. The van der Waals surface area contributed by atoms with Gasteiger partial charge in [-0.2, -0.15) is 0 Å². The van der Waals surface area contributed by atoms with Gasteiger partial charge in [0.25, 0.3) is 0 Å². The summed E-state index contributed by atoms with van der Waals surface area (Å²) in [6, 6.07) is 8.03. The Kier molecular flexibility index (Phi) is 5.49. The molecule has 7 nitrogen and oxygen atoms in total. The normalized spacial score (nSPS) is 15.7. The van der Waals surface area contributed by atoms with E-state index in [2.05, 4.69) is 10.3 Å². The molecule has 0 aliphatic carbocycles.